The third-order valence-corrected chi connectivity index (χ3v) is 6.56. The van der Waals surface area contributed by atoms with Crippen LogP contribution in [-0.2, 0) is 24.3 Å². The number of amides is 3. The van der Waals surface area contributed by atoms with Crippen LogP contribution in [0.5, 0.6) is 5.75 Å². The van der Waals surface area contributed by atoms with E-state index in [0.717, 1.165) is 16.2 Å². The molecule has 3 aromatic rings. The SMILES string of the molecule is CN(Cc1csc(NC(=O)NCc2ccc(Cl)s2)n1)C(=O)C1Cc2ccccc2O1. The number of nitrogens with one attached hydrogen (secondary N) is 2. The molecule has 1 aromatic carbocycles. The number of benzene rings is 1. The topological polar surface area (TPSA) is 83.6 Å². The summed E-state index contributed by atoms with van der Waals surface area (Å²) < 4.78 is 6.45. The largest absolute Gasteiger partial charge is 0.480 e. The highest BCUT2D eigenvalue weighted by Gasteiger charge is 2.31. The number of halogens is 1. The number of fused-ring (bicyclic) bond motifs is 1. The quantitative estimate of drug-likeness (QED) is 0.576. The van der Waals surface area contributed by atoms with Crippen LogP contribution in [0.3, 0.4) is 0 Å². The second-order valence-electron chi connectivity index (χ2n) is 6.77. The minimum Gasteiger partial charge on any atom is -0.480 e. The molecule has 7 nitrogen and oxygen atoms in total. The van der Waals surface area contributed by atoms with Crippen LogP contribution < -0.4 is 15.4 Å². The van der Waals surface area contributed by atoms with Crippen molar-refractivity contribution in [3.05, 3.63) is 62.2 Å². The third kappa shape index (κ3) is 4.92. The fourth-order valence-electron chi connectivity index (χ4n) is 3.08. The van der Waals surface area contributed by atoms with E-state index in [9.17, 15) is 9.59 Å². The summed E-state index contributed by atoms with van der Waals surface area (Å²) in [7, 11) is 1.72. The molecule has 1 aliphatic rings. The molecule has 0 bridgehead atoms. The lowest BCUT2D eigenvalue weighted by molar-refractivity contribution is -0.137. The van der Waals surface area contributed by atoms with Crippen LogP contribution in [0.25, 0.3) is 0 Å². The number of anilines is 1. The molecule has 1 unspecified atom stereocenters. The van der Waals surface area contributed by atoms with Crippen LogP contribution in [0, 0.1) is 0 Å². The number of para-hydroxylation sites is 1. The predicted octanol–water partition coefficient (Wildman–Crippen LogP) is 4.14. The second kappa shape index (κ2) is 9.03. The van der Waals surface area contributed by atoms with E-state index < -0.39 is 6.10 Å². The molecule has 0 radical (unpaired) electrons. The fourth-order valence-corrected chi connectivity index (χ4v) is 4.80. The lowest BCUT2D eigenvalue weighted by atomic mass is 10.1. The smallest absolute Gasteiger partial charge is 0.321 e. The summed E-state index contributed by atoms with van der Waals surface area (Å²) in [5.74, 6) is 0.668. The van der Waals surface area contributed by atoms with Gasteiger partial charge in [0.2, 0.25) is 0 Å². The maximum atomic E-state index is 12.7. The molecule has 0 saturated carbocycles. The zero-order valence-corrected chi connectivity index (χ0v) is 18.4. The zero-order valence-electron chi connectivity index (χ0n) is 16.1. The highest BCUT2D eigenvalue weighted by atomic mass is 35.5. The highest BCUT2D eigenvalue weighted by Crippen LogP contribution is 2.29. The molecule has 10 heteroatoms. The van der Waals surface area contributed by atoms with Crippen molar-refractivity contribution in [2.45, 2.75) is 25.6 Å². The van der Waals surface area contributed by atoms with E-state index >= 15 is 0 Å². The van der Waals surface area contributed by atoms with E-state index in [2.05, 4.69) is 15.6 Å². The van der Waals surface area contributed by atoms with E-state index in [-0.39, 0.29) is 11.9 Å². The van der Waals surface area contributed by atoms with Gasteiger partial charge in [0.15, 0.2) is 11.2 Å². The van der Waals surface area contributed by atoms with Gasteiger partial charge in [0, 0.05) is 23.7 Å². The van der Waals surface area contributed by atoms with Crippen LogP contribution in [0.1, 0.15) is 16.1 Å². The Hall–Kier alpha value is -2.62. The lowest BCUT2D eigenvalue weighted by Crippen LogP contribution is -2.38. The monoisotopic (exact) mass is 462 g/mol. The van der Waals surface area contributed by atoms with Crippen LogP contribution >= 0.6 is 34.3 Å². The van der Waals surface area contributed by atoms with Crippen LogP contribution in [-0.4, -0.2) is 35.0 Å². The van der Waals surface area contributed by atoms with Crippen LogP contribution in [0.2, 0.25) is 4.34 Å². The van der Waals surface area contributed by atoms with Gasteiger partial charge in [-0.15, -0.1) is 22.7 Å². The van der Waals surface area contributed by atoms with E-state index in [1.54, 1.807) is 18.0 Å². The molecule has 0 fully saturated rings. The first kappa shape index (κ1) is 20.6. The molecule has 4 rings (SSSR count). The number of nitrogens with zero attached hydrogens (tertiary/aromatic N) is 2. The molecule has 0 aliphatic carbocycles. The van der Waals surface area contributed by atoms with Gasteiger partial charge < -0.3 is 15.0 Å². The molecule has 3 heterocycles. The maximum absolute atomic E-state index is 12.7. The number of thiophene rings is 1. The Balaban J connectivity index is 1.26. The summed E-state index contributed by atoms with van der Waals surface area (Å²) in [5.41, 5.74) is 1.74. The number of rotatable bonds is 6. The minimum atomic E-state index is -0.514. The van der Waals surface area contributed by atoms with Gasteiger partial charge in [0.05, 0.1) is 23.1 Å². The number of ether oxygens (including phenoxy) is 1. The standard InChI is InChI=1S/C20H19ClN4O3S2/c1-25(18(26)16-8-12-4-2-3-5-15(12)28-16)10-13-11-29-20(23-13)24-19(27)22-9-14-6-7-17(21)30-14/h2-7,11,16H,8-10H2,1H3,(H2,22,23,24,27). The molecule has 156 valence electrons. The molecule has 2 aromatic heterocycles. The number of hydrogen-bond donors (Lipinski definition) is 2. The minimum absolute atomic E-state index is 0.0962. The summed E-state index contributed by atoms with van der Waals surface area (Å²) in [4.78, 5) is 31.7. The molecular weight excluding hydrogens is 444 g/mol. The summed E-state index contributed by atoms with van der Waals surface area (Å²) in [5, 5.41) is 7.76. The van der Waals surface area contributed by atoms with Gasteiger partial charge in [0.1, 0.15) is 5.75 Å². The molecule has 1 aliphatic heterocycles. The number of likely N-dealkylation sites (N-methyl/N-ethyl adjacent to an activating group) is 1. The Morgan fingerprint density at radius 3 is 2.90 bits per heavy atom. The first-order valence-electron chi connectivity index (χ1n) is 9.21. The molecule has 3 amide bonds. The number of urea groups is 1. The van der Waals surface area contributed by atoms with E-state index in [4.69, 9.17) is 16.3 Å². The van der Waals surface area contributed by atoms with E-state index in [1.807, 2.05) is 35.7 Å². The van der Waals surface area contributed by atoms with Crippen molar-refractivity contribution >= 4 is 51.3 Å². The first-order chi connectivity index (χ1) is 14.5. The van der Waals surface area contributed by atoms with Crippen molar-refractivity contribution in [1.82, 2.24) is 15.2 Å². The van der Waals surface area contributed by atoms with Crippen LogP contribution in [0.15, 0.2) is 41.8 Å². The Morgan fingerprint density at radius 2 is 2.13 bits per heavy atom. The number of thiazole rings is 1. The average molecular weight is 463 g/mol. The van der Waals surface area contributed by atoms with Gasteiger partial charge in [-0.05, 0) is 23.8 Å². The number of carbonyl (C=O) groups excluding carboxylic acids is 2. The summed E-state index contributed by atoms with van der Waals surface area (Å²) >= 11 is 8.61. The summed E-state index contributed by atoms with van der Waals surface area (Å²) in [6.07, 6.45) is 0.0546. The van der Waals surface area contributed by atoms with Crippen LogP contribution in [0.4, 0.5) is 9.93 Å². The van der Waals surface area contributed by atoms with Gasteiger partial charge in [0.25, 0.3) is 5.91 Å². The van der Waals surface area contributed by atoms with Gasteiger partial charge in [-0.3, -0.25) is 10.1 Å². The summed E-state index contributed by atoms with van der Waals surface area (Å²) in [6, 6.07) is 11.0. The van der Waals surface area contributed by atoms with Crippen molar-refractivity contribution in [2.75, 3.05) is 12.4 Å². The average Bonchev–Trinajstić information content (AvgIpc) is 3.45. The zero-order chi connectivity index (χ0) is 21.1. The molecule has 2 N–H and O–H groups in total. The van der Waals surface area contributed by atoms with Gasteiger partial charge in [-0.2, -0.15) is 0 Å². The van der Waals surface area contributed by atoms with Crippen molar-refractivity contribution in [1.29, 1.82) is 0 Å². The molecule has 0 saturated heterocycles. The van der Waals surface area contributed by atoms with Gasteiger partial charge in [-0.25, -0.2) is 9.78 Å². The van der Waals surface area contributed by atoms with E-state index in [0.29, 0.717) is 34.7 Å². The number of aromatic nitrogens is 1. The lowest BCUT2D eigenvalue weighted by Gasteiger charge is -2.19. The van der Waals surface area contributed by atoms with Gasteiger partial charge in [-0.1, -0.05) is 29.8 Å². The molecule has 30 heavy (non-hydrogen) atoms. The van der Waals surface area contributed by atoms with Crippen molar-refractivity contribution in [2.24, 2.45) is 0 Å². The van der Waals surface area contributed by atoms with Crippen molar-refractivity contribution in [3.8, 4) is 5.75 Å². The second-order valence-corrected chi connectivity index (χ2v) is 9.43. The Kier molecular flexibility index (Phi) is 6.21. The first-order valence-corrected chi connectivity index (χ1v) is 11.3. The maximum Gasteiger partial charge on any atom is 0.321 e. The summed E-state index contributed by atoms with van der Waals surface area (Å²) in [6.45, 7) is 0.727. The molecule has 1 atom stereocenters. The fraction of sp³-hybridized carbons (Fsp3) is 0.250. The highest BCUT2D eigenvalue weighted by molar-refractivity contribution is 7.16. The number of carbonyl (C=O) groups is 2. The Bertz CT molecular complexity index is 1040. The Morgan fingerprint density at radius 1 is 1.30 bits per heavy atom. The van der Waals surface area contributed by atoms with Crippen molar-refractivity contribution in [3.63, 3.8) is 0 Å². The predicted molar refractivity (Wildman–Crippen MR) is 118 cm³/mol. The van der Waals surface area contributed by atoms with E-state index in [1.165, 1.54) is 22.7 Å². The normalized spacial score (nSPS) is 14.7. The number of hydrogen-bond acceptors (Lipinski definition) is 6. The van der Waals surface area contributed by atoms with Crippen molar-refractivity contribution < 1.29 is 14.3 Å². The Labute approximate surface area is 186 Å². The molecular formula is C20H19ClN4O3S2. The third-order valence-electron chi connectivity index (χ3n) is 4.52. The molecule has 0 spiro atoms. The van der Waals surface area contributed by atoms with Gasteiger partial charge >= 0.3 is 6.03 Å².